The van der Waals surface area contributed by atoms with Crippen molar-refractivity contribution in [2.75, 3.05) is 23.3 Å². The number of anilines is 2. The third-order valence-electron chi connectivity index (χ3n) is 5.05. The zero-order valence-corrected chi connectivity index (χ0v) is 19.7. The molecule has 6 nitrogen and oxygen atoms in total. The van der Waals surface area contributed by atoms with Crippen molar-refractivity contribution in [1.29, 1.82) is 0 Å². The second kappa shape index (κ2) is 10.1. The number of hydrogen-bond acceptors (Lipinski definition) is 4. The van der Waals surface area contributed by atoms with E-state index in [4.69, 9.17) is 16.3 Å². The van der Waals surface area contributed by atoms with Crippen LogP contribution in [-0.2, 0) is 21.2 Å². The number of ether oxygens (including phenoxy) is 1. The van der Waals surface area contributed by atoms with Gasteiger partial charge in [-0.25, -0.2) is 8.42 Å². The molecule has 0 aliphatic rings. The molecule has 0 spiro atoms. The fraction of sp³-hybridized carbons (Fsp3) is 0.208. The number of aryl methyl sites for hydroxylation is 2. The molecule has 3 aromatic rings. The minimum absolute atomic E-state index is 0.0740. The molecule has 0 saturated heterocycles. The Morgan fingerprint density at radius 1 is 1.06 bits per heavy atom. The Balaban J connectivity index is 2.00. The number of benzene rings is 3. The number of nitrogens with one attached hydrogen (secondary N) is 1. The molecule has 8 heteroatoms. The van der Waals surface area contributed by atoms with E-state index in [0.29, 0.717) is 11.4 Å². The van der Waals surface area contributed by atoms with Crippen LogP contribution in [0.2, 0.25) is 5.02 Å². The lowest BCUT2D eigenvalue weighted by molar-refractivity contribution is -0.114. The summed E-state index contributed by atoms with van der Waals surface area (Å²) in [6.45, 7) is 3.48. The maximum absolute atomic E-state index is 13.4. The summed E-state index contributed by atoms with van der Waals surface area (Å²) < 4.78 is 33.1. The van der Waals surface area contributed by atoms with Crippen LogP contribution in [0.15, 0.2) is 71.6 Å². The largest absolute Gasteiger partial charge is 0.495 e. The summed E-state index contributed by atoms with van der Waals surface area (Å²) in [5.41, 5.74) is 2.84. The van der Waals surface area contributed by atoms with Crippen molar-refractivity contribution in [2.45, 2.75) is 25.2 Å². The van der Waals surface area contributed by atoms with Gasteiger partial charge >= 0.3 is 0 Å². The molecule has 1 amide bonds. The lowest BCUT2D eigenvalue weighted by atomic mass is 10.1. The van der Waals surface area contributed by atoms with E-state index in [1.54, 1.807) is 30.3 Å². The molecular formula is C24H25ClN2O4S. The van der Waals surface area contributed by atoms with Crippen LogP contribution < -0.4 is 14.4 Å². The van der Waals surface area contributed by atoms with Crippen LogP contribution in [0.1, 0.15) is 18.1 Å². The van der Waals surface area contributed by atoms with Crippen molar-refractivity contribution in [3.63, 3.8) is 0 Å². The zero-order chi connectivity index (χ0) is 23.3. The Morgan fingerprint density at radius 2 is 1.78 bits per heavy atom. The second-order valence-electron chi connectivity index (χ2n) is 7.15. The number of halogens is 1. The number of methoxy groups -OCH3 is 1. The summed E-state index contributed by atoms with van der Waals surface area (Å²) in [7, 11) is -2.56. The molecule has 0 radical (unpaired) electrons. The van der Waals surface area contributed by atoms with Crippen LogP contribution in [0.5, 0.6) is 5.75 Å². The van der Waals surface area contributed by atoms with E-state index in [1.807, 2.05) is 32.0 Å². The summed E-state index contributed by atoms with van der Waals surface area (Å²) in [6.07, 6.45) is 0.734. The highest BCUT2D eigenvalue weighted by atomic mass is 35.5. The summed E-state index contributed by atoms with van der Waals surface area (Å²) in [4.78, 5) is 13.1. The van der Waals surface area contributed by atoms with Gasteiger partial charge in [-0.1, -0.05) is 54.9 Å². The van der Waals surface area contributed by atoms with Crippen molar-refractivity contribution in [3.8, 4) is 5.75 Å². The van der Waals surface area contributed by atoms with Gasteiger partial charge in [-0.05, 0) is 54.8 Å². The standard InChI is InChI=1S/C24H25ClN2O4S/c1-4-18-10-8-9-17(2)24(18)26-23(28)16-27(19-13-14-22(31-3)21(25)15-19)32(29,30)20-11-6-5-7-12-20/h5-15H,4,16H2,1-3H3,(H,26,28). The van der Waals surface area contributed by atoms with Gasteiger partial charge < -0.3 is 10.1 Å². The number of rotatable bonds is 8. The first kappa shape index (κ1) is 23.6. The van der Waals surface area contributed by atoms with Crippen LogP contribution in [0.25, 0.3) is 0 Å². The first-order valence-corrected chi connectivity index (χ1v) is 11.9. The highest BCUT2D eigenvalue weighted by molar-refractivity contribution is 7.92. The van der Waals surface area contributed by atoms with Crippen molar-refractivity contribution < 1.29 is 17.9 Å². The van der Waals surface area contributed by atoms with Crippen LogP contribution >= 0.6 is 11.6 Å². The van der Waals surface area contributed by atoms with E-state index in [0.717, 1.165) is 21.9 Å². The molecule has 1 N–H and O–H groups in total. The van der Waals surface area contributed by atoms with Crippen molar-refractivity contribution in [1.82, 2.24) is 0 Å². The SMILES string of the molecule is CCc1cccc(C)c1NC(=O)CN(c1ccc(OC)c(Cl)c1)S(=O)(=O)c1ccccc1. The molecule has 0 saturated carbocycles. The number of amides is 1. The predicted octanol–water partition coefficient (Wildman–Crippen LogP) is 5.05. The molecular weight excluding hydrogens is 448 g/mol. The monoisotopic (exact) mass is 472 g/mol. The van der Waals surface area contributed by atoms with Crippen LogP contribution in [0.3, 0.4) is 0 Å². The van der Waals surface area contributed by atoms with E-state index in [2.05, 4.69) is 5.32 Å². The number of para-hydroxylation sites is 1. The van der Waals surface area contributed by atoms with Gasteiger partial charge in [0.15, 0.2) is 0 Å². The predicted molar refractivity (Wildman–Crippen MR) is 128 cm³/mol. The second-order valence-corrected chi connectivity index (χ2v) is 9.42. The molecule has 0 fully saturated rings. The lowest BCUT2D eigenvalue weighted by Crippen LogP contribution is -2.38. The van der Waals surface area contributed by atoms with Crippen LogP contribution in [0.4, 0.5) is 11.4 Å². The average molecular weight is 473 g/mol. The Morgan fingerprint density at radius 3 is 2.41 bits per heavy atom. The number of nitrogens with zero attached hydrogens (tertiary/aromatic N) is 1. The summed E-state index contributed by atoms with van der Waals surface area (Å²) >= 11 is 6.25. The number of carbonyl (C=O) groups excluding carboxylic acids is 1. The third kappa shape index (κ3) is 5.06. The number of hydrogen-bond donors (Lipinski definition) is 1. The van der Waals surface area contributed by atoms with Gasteiger partial charge in [-0.2, -0.15) is 0 Å². The number of carbonyl (C=O) groups is 1. The first-order valence-electron chi connectivity index (χ1n) is 10.1. The van der Waals surface area contributed by atoms with Crippen molar-refractivity contribution in [3.05, 3.63) is 82.9 Å². The van der Waals surface area contributed by atoms with E-state index < -0.39 is 22.5 Å². The molecule has 0 aliphatic carbocycles. The summed E-state index contributed by atoms with van der Waals surface area (Å²) in [6, 6.07) is 18.3. The Hall–Kier alpha value is -3.03. The molecule has 0 bridgehead atoms. The van der Waals surface area contributed by atoms with Crippen LogP contribution in [0, 0.1) is 6.92 Å². The Labute approximate surface area is 193 Å². The average Bonchev–Trinajstić information content (AvgIpc) is 2.79. The minimum atomic E-state index is -4.03. The molecule has 0 atom stereocenters. The molecule has 3 aromatic carbocycles. The summed E-state index contributed by atoms with van der Waals surface area (Å²) in [5, 5.41) is 3.13. The topological polar surface area (TPSA) is 75.7 Å². The highest BCUT2D eigenvalue weighted by Gasteiger charge is 2.28. The van der Waals surface area contributed by atoms with Gasteiger partial charge in [0, 0.05) is 5.69 Å². The van der Waals surface area contributed by atoms with Gasteiger partial charge in [-0.15, -0.1) is 0 Å². The molecule has 0 aliphatic heterocycles. The molecule has 0 unspecified atom stereocenters. The van der Waals surface area contributed by atoms with E-state index in [1.165, 1.54) is 25.3 Å². The third-order valence-corrected chi connectivity index (χ3v) is 7.13. The van der Waals surface area contributed by atoms with E-state index >= 15 is 0 Å². The molecule has 32 heavy (non-hydrogen) atoms. The highest BCUT2D eigenvalue weighted by Crippen LogP contribution is 2.32. The molecule has 3 rings (SSSR count). The quantitative estimate of drug-likeness (QED) is 0.497. The van der Waals surface area contributed by atoms with Gasteiger partial charge in [0.05, 0.1) is 22.7 Å². The molecule has 0 aromatic heterocycles. The van der Waals surface area contributed by atoms with Gasteiger partial charge in [0.25, 0.3) is 10.0 Å². The fourth-order valence-electron chi connectivity index (χ4n) is 3.36. The van der Waals surface area contributed by atoms with Crippen molar-refractivity contribution in [2.24, 2.45) is 0 Å². The fourth-order valence-corrected chi connectivity index (χ4v) is 5.04. The normalized spacial score (nSPS) is 11.1. The lowest BCUT2D eigenvalue weighted by Gasteiger charge is -2.25. The molecule has 0 heterocycles. The maximum atomic E-state index is 13.4. The zero-order valence-electron chi connectivity index (χ0n) is 18.1. The first-order chi connectivity index (χ1) is 15.3. The van der Waals surface area contributed by atoms with Gasteiger partial charge in [0.2, 0.25) is 5.91 Å². The number of sulfonamides is 1. The summed E-state index contributed by atoms with van der Waals surface area (Å²) in [5.74, 6) is -0.0510. The van der Waals surface area contributed by atoms with Crippen molar-refractivity contribution >= 4 is 38.9 Å². The van der Waals surface area contributed by atoms with Crippen LogP contribution in [-0.4, -0.2) is 28.0 Å². The van der Waals surface area contributed by atoms with Gasteiger partial charge in [0.1, 0.15) is 12.3 Å². The maximum Gasteiger partial charge on any atom is 0.264 e. The smallest absolute Gasteiger partial charge is 0.264 e. The Kier molecular flexibility index (Phi) is 7.43. The van der Waals surface area contributed by atoms with Gasteiger partial charge in [-0.3, -0.25) is 9.10 Å². The van der Waals surface area contributed by atoms with E-state index in [9.17, 15) is 13.2 Å². The Bertz CT molecular complexity index is 1210. The minimum Gasteiger partial charge on any atom is -0.495 e. The molecule has 168 valence electrons. The van der Waals surface area contributed by atoms with E-state index in [-0.39, 0.29) is 15.6 Å².